The van der Waals surface area contributed by atoms with Crippen LogP contribution >= 0.6 is 11.6 Å². The van der Waals surface area contributed by atoms with E-state index in [0.717, 1.165) is 11.3 Å². The molecule has 0 radical (unpaired) electrons. The maximum atomic E-state index is 13.2. The van der Waals surface area contributed by atoms with Crippen molar-refractivity contribution >= 4 is 28.9 Å². The average molecular weight is 291 g/mol. The average Bonchev–Trinajstić information content (AvgIpc) is 2.81. The number of carbonyl (C=O) groups excluding carboxylic acids is 1. The molecular weight excluding hydrogens is 279 g/mol. The number of nitrogens with one attached hydrogen (secondary N) is 2. The lowest BCUT2D eigenvalue weighted by molar-refractivity contribution is -0.116. The number of hydrogen-bond acceptors (Lipinski definition) is 2. The lowest BCUT2D eigenvalue weighted by Crippen LogP contribution is -2.32. The maximum absolute atomic E-state index is 13.2. The fourth-order valence-electron chi connectivity index (χ4n) is 2.31. The van der Waals surface area contributed by atoms with Gasteiger partial charge in [-0.25, -0.2) is 4.39 Å². The Bertz CT molecular complexity index is 629. The Morgan fingerprint density at radius 2 is 2.10 bits per heavy atom. The van der Waals surface area contributed by atoms with Gasteiger partial charge in [0, 0.05) is 22.8 Å². The maximum Gasteiger partial charge on any atom is 0.247 e. The number of amides is 1. The first-order valence-corrected chi connectivity index (χ1v) is 6.61. The van der Waals surface area contributed by atoms with Crippen LogP contribution in [0.4, 0.5) is 15.8 Å². The second-order valence-electron chi connectivity index (χ2n) is 4.71. The van der Waals surface area contributed by atoms with E-state index in [9.17, 15) is 9.18 Å². The molecule has 3 rings (SSSR count). The molecule has 3 nitrogen and oxygen atoms in total. The molecule has 0 aromatic heterocycles. The van der Waals surface area contributed by atoms with Gasteiger partial charge in [-0.15, -0.1) is 0 Å². The normalized spacial score (nSPS) is 16.4. The molecule has 1 aliphatic heterocycles. The van der Waals surface area contributed by atoms with Crippen LogP contribution in [-0.4, -0.2) is 11.9 Å². The van der Waals surface area contributed by atoms with Crippen LogP contribution in [0.15, 0.2) is 42.5 Å². The minimum Gasteiger partial charge on any atom is -0.373 e. The molecule has 1 unspecified atom stereocenters. The summed E-state index contributed by atoms with van der Waals surface area (Å²) in [6.45, 7) is 0. The van der Waals surface area contributed by atoms with Crippen molar-refractivity contribution in [3.63, 3.8) is 0 Å². The van der Waals surface area contributed by atoms with Crippen molar-refractivity contribution in [2.45, 2.75) is 12.5 Å². The van der Waals surface area contributed by atoms with Gasteiger partial charge in [0.2, 0.25) is 5.91 Å². The summed E-state index contributed by atoms with van der Waals surface area (Å²) in [4.78, 5) is 12.2. The van der Waals surface area contributed by atoms with Gasteiger partial charge in [0.1, 0.15) is 11.9 Å². The minimum absolute atomic E-state index is 0.206. The van der Waals surface area contributed by atoms with Gasteiger partial charge in [-0.05, 0) is 29.8 Å². The molecule has 1 atom stereocenters. The molecule has 0 fully saturated rings. The van der Waals surface area contributed by atoms with E-state index in [4.69, 9.17) is 11.6 Å². The number of fused-ring (bicyclic) bond motifs is 1. The summed E-state index contributed by atoms with van der Waals surface area (Å²) in [7, 11) is 0. The van der Waals surface area contributed by atoms with E-state index in [1.165, 1.54) is 18.2 Å². The van der Waals surface area contributed by atoms with E-state index in [2.05, 4.69) is 10.6 Å². The van der Waals surface area contributed by atoms with Gasteiger partial charge in [-0.2, -0.15) is 0 Å². The number of benzene rings is 2. The van der Waals surface area contributed by atoms with Crippen LogP contribution < -0.4 is 10.6 Å². The van der Waals surface area contributed by atoms with E-state index < -0.39 is 5.82 Å². The van der Waals surface area contributed by atoms with Crippen LogP contribution in [0.3, 0.4) is 0 Å². The summed E-state index contributed by atoms with van der Waals surface area (Å²) in [5.74, 6) is -0.682. The third-order valence-corrected chi connectivity index (χ3v) is 3.44. The second-order valence-corrected chi connectivity index (χ2v) is 5.14. The highest BCUT2D eigenvalue weighted by molar-refractivity contribution is 6.30. The molecule has 2 N–H and O–H groups in total. The molecule has 20 heavy (non-hydrogen) atoms. The Hall–Kier alpha value is -2.07. The van der Waals surface area contributed by atoms with E-state index in [0.29, 0.717) is 12.1 Å². The van der Waals surface area contributed by atoms with Crippen molar-refractivity contribution in [2.75, 3.05) is 10.6 Å². The fourth-order valence-corrected chi connectivity index (χ4v) is 2.53. The number of anilines is 2. The highest BCUT2D eigenvalue weighted by Gasteiger charge is 2.26. The minimum atomic E-state index is -0.476. The van der Waals surface area contributed by atoms with Crippen LogP contribution in [0.1, 0.15) is 5.56 Å². The lowest BCUT2D eigenvalue weighted by atomic mass is 10.1. The fraction of sp³-hybridized carbons (Fsp3) is 0.133. The quantitative estimate of drug-likeness (QED) is 0.889. The van der Waals surface area contributed by atoms with Crippen molar-refractivity contribution < 1.29 is 9.18 Å². The SMILES string of the molecule is O=C(Nc1cc(F)cc(Cl)c1)C1Cc2ccccc2N1. The Kier molecular flexibility index (Phi) is 3.32. The molecule has 0 spiro atoms. The summed E-state index contributed by atoms with van der Waals surface area (Å²) in [6.07, 6.45) is 0.616. The van der Waals surface area contributed by atoms with Gasteiger partial charge >= 0.3 is 0 Å². The van der Waals surface area contributed by atoms with E-state index in [1.54, 1.807) is 0 Å². The van der Waals surface area contributed by atoms with Crippen LogP contribution in [-0.2, 0) is 11.2 Å². The summed E-state index contributed by atoms with van der Waals surface area (Å²) < 4.78 is 13.2. The van der Waals surface area contributed by atoms with E-state index >= 15 is 0 Å². The van der Waals surface area contributed by atoms with Crippen molar-refractivity contribution in [3.8, 4) is 0 Å². The molecule has 0 saturated carbocycles. The summed E-state index contributed by atoms with van der Waals surface area (Å²) in [5.41, 5.74) is 2.42. The van der Waals surface area contributed by atoms with Crippen molar-refractivity contribution in [1.29, 1.82) is 0 Å². The van der Waals surface area contributed by atoms with Gasteiger partial charge in [-0.3, -0.25) is 4.79 Å². The Balaban J connectivity index is 1.72. The topological polar surface area (TPSA) is 41.1 Å². The van der Waals surface area contributed by atoms with Crippen molar-refractivity contribution in [2.24, 2.45) is 0 Å². The monoisotopic (exact) mass is 290 g/mol. The standard InChI is InChI=1S/C15H12ClFN2O/c16-10-6-11(17)8-12(7-10)18-15(20)14-5-9-3-1-2-4-13(9)19-14/h1-4,6-8,14,19H,5H2,(H,18,20). The van der Waals surface area contributed by atoms with Crippen LogP contribution in [0, 0.1) is 5.82 Å². The molecule has 1 amide bonds. The number of para-hydroxylation sites is 1. The van der Waals surface area contributed by atoms with Crippen LogP contribution in [0.2, 0.25) is 5.02 Å². The third kappa shape index (κ3) is 2.60. The Labute approximate surface area is 120 Å². The van der Waals surface area contributed by atoms with Crippen LogP contribution in [0.25, 0.3) is 0 Å². The predicted molar refractivity (Wildman–Crippen MR) is 77.6 cm³/mol. The van der Waals surface area contributed by atoms with Crippen LogP contribution in [0.5, 0.6) is 0 Å². The third-order valence-electron chi connectivity index (χ3n) is 3.22. The van der Waals surface area contributed by atoms with E-state index in [-0.39, 0.29) is 17.0 Å². The molecule has 2 aromatic rings. The van der Waals surface area contributed by atoms with Crippen molar-refractivity contribution in [1.82, 2.24) is 0 Å². The van der Waals surface area contributed by atoms with Gasteiger partial charge in [0.15, 0.2) is 0 Å². The highest BCUT2D eigenvalue weighted by Crippen LogP contribution is 2.26. The molecule has 1 aliphatic rings. The van der Waals surface area contributed by atoms with Gasteiger partial charge in [0.05, 0.1) is 0 Å². The second kappa shape index (κ2) is 5.13. The molecule has 0 bridgehead atoms. The first kappa shape index (κ1) is 12.9. The largest absolute Gasteiger partial charge is 0.373 e. The zero-order chi connectivity index (χ0) is 14.1. The first-order chi connectivity index (χ1) is 9.61. The van der Waals surface area contributed by atoms with Crippen molar-refractivity contribution in [3.05, 3.63) is 58.9 Å². The molecular formula is C15H12ClFN2O. The smallest absolute Gasteiger partial charge is 0.247 e. The number of hydrogen-bond donors (Lipinski definition) is 2. The Morgan fingerprint density at radius 3 is 2.85 bits per heavy atom. The molecule has 0 saturated heterocycles. The summed E-state index contributed by atoms with van der Waals surface area (Å²) >= 11 is 5.76. The number of rotatable bonds is 2. The number of carbonyl (C=O) groups is 1. The molecule has 0 aliphatic carbocycles. The number of halogens is 2. The molecule has 102 valence electrons. The Morgan fingerprint density at radius 1 is 1.30 bits per heavy atom. The van der Waals surface area contributed by atoms with Gasteiger partial charge < -0.3 is 10.6 Å². The van der Waals surface area contributed by atoms with Gasteiger partial charge in [-0.1, -0.05) is 29.8 Å². The van der Waals surface area contributed by atoms with Gasteiger partial charge in [0.25, 0.3) is 0 Å². The molecule has 1 heterocycles. The molecule has 5 heteroatoms. The molecule has 2 aromatic carbocycles. The van der Waals surface area contributed by atoms with E-state index in [1.807, 2.05) is 24.3 Å². The first-order valence-electron chi connectivity index (χ1n) is 6.23. The lowest BCUT2D eigenvalue weighted by Gasteiger charge is -2.12. The summed E-state index contributed by atoms with van der Waals surface area (Å²) in [5, 5.41) is 6.07. The summed E-state index contributed by atoms with van der Waals surface area (Å²) in [6, 6.07) is 11.4. The zero-order valence-corrected chi connectivity index (χ0v) is 11.2. The zero-order valence-electron chi connectivity index (χ0n) is 10.5. The predicted octanol–water partition coefficient (Wildman–Crippen LogP) is 3.45. The highest BCUT2D eigenvalue weighted by atomic mass is 35.5.